The van der Waals surface area contributed by atoms with Gasteiger partial charge in [-0.2, -0.15) is 0 Å². The van der Waals surface area contributed by atoms with E-state index >= 15 is 0 Å². The van der Waals surface area contributed by atoms with Crippen molar-refractivity contribution in [3.63, 3.8) is 0 Å². The number of hydrogen-bond acceptors (Lipinski definition) is 5. The molecule has 1 aromatic heterocycles. The van der Waals surface area contributed by atoms with E-state index in [9.17, 15) is 14.3 Å². The third kappa shape index (κ3) is 4.75. The Morgan fingerprint density at radius 1 is 1.22 bits per heavy atom. The van der Waals surface area contributed by atoms with Crippen LogP contribution >= 0.6 is 23.4 Å². The van der Waals surface area contributed by atoms with E-state index in [1.807, 2.05) is 24.3 Å². The third-order valence-corrected chi connectivity index (χ3v) is 4.90. The van der Waals surface area contributed by atoms with Crippen LogP contribution < -0.4 is 5.32 Å². The molecule has 8 heteroatoms. The molecule has 0 amide bonds. The van der Waals surface area contributed by atoms with E-state index in [1.165, 1.54) is 23.9 Å². The Kier molecular flexibility index (Phi) is 5.93. The van der Waals surface area contributed by atoms with Gasteiger partial charge in [0.1, 0.15) is 17.2 Å². The van der Waals surface area contributed by atoms with Crippen LogP contribution in [0, 0.1) is 12.7 Å². The molecule has 2 aromatic carbocycles. The van der Waals surface area contributed by atoms with Crippen LogP contribution in [0.2, 0.25) is 5.02 Å². The highest BCUT2D eigenvalue weighted by molar-refractivity contribution is 7.98. The van der Waals surface area contributed by atoms with Gasteiger partial charge in [-0.05, 0) is 30.7 Å². The zero-order valence-corrected chi connectivity index (χ0v) is 15.8. The first-order chi connectivity index (χ1) is 12.9. The third-order valence-electron chi connectivity index (χ3n) is 3.64. The normalized spacial score (nSPS) is 10.6. The minimum Gasteiger partial charge on any atom is -0.478 e. The summed E-state index contributed by atoms with van der Waals surface area (Å²) in [5, 5.41) is 13.3. The number of carboxylic acids is 1. The van der Waals surface area contributed by atoms with Gasteiger partial charge in [0.25, 0.3) is 0 Å². The fraction of sp³-hybridized carbons (Fsp3) is 0.105. The quantitative estimate of drug-likeness (QED) is 0.429. The van der Waals surface area contributed by atoms with Crippen molar-refractivity contribution in [1.82, 2.24) is 9.97 Å². The lowest BCUT2D eigenvalue weighted by Crippen LogP contribution is -2.07. The first kappa shape index (κ1) is 19.1. The van der Waals surface area contributed by atoms with Gasteiger partial charge in [0.05, 0.1) is 5.69 Å². The lowest BCUT2D eigenvalue weighted by atomic mass is 10.1. The van der Waals surface area contributed by atoms with E-state index < -0.39 is 17.3 Å². The van der Waals surface area contributed by atoms with Gasteiger partial charge in [0.2, 0.25) is 0 Å². The summed E-state index contributed by atoms with van der Waals surface area (Å²) in [7, 11) is 0. The molecule has 0 atom stereocenters. The van der Waals surface area contributed by atoms with Gasteiger partial charge < -0.3 is 10.4 Å². The predicted octanol–water partition coefficient (Wildman–Crippen LogP) is 5.31. The Balaban J connectivity index is 1.83. The van der Waals surface area contributed by atoms with E-state index in [-0.39, 0.29) is 5.69 Å². The van der Waals surface area contributed by atoms with Crippen molar-refractivity contribution in [2.45, 2.75) is 17.8 Å². The maximum Gasteiger partial charge on any atom is 0.340 e. The van der Waals surface area contributed by atoms with Gasteiger partial charge in [-0.1, -0.05) is 47.6 Å². The van der Waals surface area contributed by atoms with Gasteiger partial charge in [-0.25, -0.2) is 19.2 Å². The Morgan fingerprint density at radius 3 is 2.74 bits per heavy atom. The van der Waals surface area contributed by atoms with Crippen molar-refractivity contribution in [3.8, 4) is 0 Å². The number of aromatic nitrogens is 2. The molecule has 3 rings (SSSR count). The predicted molar refractivity (Wildman–Crippen MR) is 104 cm³/mol. The summed E-state index contributed by atoms with van der Waals surface area (Å²) in [5.41, 5.74) is 1.35. The van der Waals surface area contributed by atoms with Gasteiger partial charge in [0, 0.05) is 22.5 Å². The van der Waals surface area contributed by atoms with Crippen LogP contribution in [0.5, 0.6) is 0 Å². The highest BCUT2D eigenvalue weighted by atomic mass is 35.5. The molecule has 0 spiro atoms. The van der Waals surface area contributed by atoms with Crippen molar-refractivity contribution >= 4 is 40.8 Å². The zero-order chi connectivity index (χ0) is 19.4. The number of nitrogens with zero attached hydrogens (tertiary/aromatic N) is 2. The number of anilines is 2. The molecule has 0 aliphatic rings. The van der Waals surface area contributed by atoms with Crippen LogP contribution in [0.3, 0.4) is 0 Å². The van der Waals surface area contributed by atoms with Crippen LogP contribution in [0.25, 0.3) is 0 Å². The van der Waals surface area contributed by atoms with Crippen molar-refractivity contribution in [2.75, 3.05) is 5.32 Å². The van der Waals surface area contributed by atoms with E-state index in [0.29, 0.717) is 27.4 Å². The zero-order valence-electron chi connectivity index (χ0n) is 14.2. The van der Waals surface area contributed by atoms with E-state index in [1.54, 1.807) is 13.0 Å². The van der Waals surface area contributed by atoms with E-state index in [0.717, 1.165) is 11.6 Å². The molecule has 27 heavy (non-hydrogen) atoms. The van der Waals surface area contributed by atoms with Crippen LogP contribution in [0.15, 0.2) is 53.7 Å². The van der Waals surface area contributed by atoms with Crippen molar-refractivity contribution in [3.05, 3.63) is 76.2 Å². The SMILES string of the molecule is Cc1cc(Nc2cccc(F)c2C(=O)O)nc(SCc2ccccc2Cl)n1. The number of rotatable bonds is 6. The Bertz CT molecular complexity index is 1000. The minimum atomic E-state index is -1.35. The molecule has 0 saturated carbocycles. The van der Waals surface area contributed by atoms with Crippen LogP contribution in [0.1, 0.15) is 21.6 Å². The lowest BCUT2D eigenvalue weighted by molar-refractivity contribution is 0.0693. The molecule has 0 saturated heterocycles. The average Bonchev–Trinajstić information content (AvgIpc) is 2.60. The summed E-state index contributed by atoms with van der Waals surface area (Å²) in [6.45, 7) is 1.80. The number of hydrogen-bond donors (Lipinski definition) is 2. The van der Waals surface area contributed by atoms with Crippen molar-refractivity contribution in [1.29, 1.82) is 0 Å². The monoisotopic (exact) mass is 403 g/mol. The fourth-order valence-electron chi connectivity index (χ4n) is 2.41. The second-order valence-corrected chi connectivity index (χ2v) is 7.00. The molecule has 3 aromatic rings. The molecule has 5 nitrogen and oxygen atoms in total. The highest BCUT2D eigenvalue weighted by Gasteiger charge is 2.16. The van der Waals surface area contributed by atoms with E-state index in [2.05, 4.69) is 15.3 Å². The Morgan fingerprint density at radius 2 is 2.00 bits per heavy atom. The molecule has 0 fully saturated rings. The van der Waals surface area contributed by atoms with Crippen LogP contribution in [-0.4, -0.2) is 21.0 Å². The van der Waals surface area contributed by atoms with Crippen molar-refractivity contribution in [2.24, 2.45) is 0 Å². The Labute approximate surface area is 164 Å². The number of halogens is 2. The summed E-state index contributed by atoms with van der Waals surface area (Å²) in [4.78, 5) is 20.1. The molecular formula is C19H15ClFN3O2S. The molecule has 138 valence electrons. The minimum absolute atomic E-state index is 0.127. The number of nitrogens with one attached hydrogen (secondary N) is 1. The molecule has 0 unspecified atom stereocenters. The maximum atomic E-state index is 13.8. The summed E-state index contributed by atoms with van der Waals surface area (Å²) < 4.78 is 13.8. The molecule has 0 aliphatic carbocycles. The second-order valence-electron chi connectivity index (χ2n) is 5.65. The summed E-state index contributed by atoms with van der Waals surface area (Å²) >= 11 is 7.57. The number of benzene rings is 2. The number of thioether (sulfide) groups is 1. The highest BCUT2D eigenvalue weighted by Crippen LogP contribution is 2.27. The fourth-order valence-corrected chi connectivity index (χ4v) is 3.60. The molecule has 0 bridgehead atoms. The topological polar surface area (TPSA) is 75.1 Å². The van der Waals surface area contributed by atoms with Gasteiger partial charge in [0.15, 0.2) is 5.16 Å². The summed E-state index contributed by atoms with van der Waals surface area (Å²) in [6.07, 6.45) is 0. The molecule has 0 radical (unpaired) electrons. The van der Waals surface area contributed by atoms with Gasteiger partial charge in [-0.3, -0.25) is 0 Å². The van der Waals surface area contributed by atoms with Crippen LogP contribution in [0.4, 0.5) is 15.9 Å². The maximum absolute atomic E-state index is 13.8. The first-order valence-electron chi connectivity index (χ1n) is 7.95. The van der Waals surface area contributed by atoms with Crippen molar-refractivity contribution < 1.29 is 14.3 Å². The number of carbonyl (C=O) groups is 1. The van der Waals surface area contributed by atoms with Gasteiger partial charge >= 0.3 is 5.97 Å². The lowest BCUT2D eigenvalue weighted by Gasteiger charge is -2.11. The smallest absolute Gasteiger partial charge is 0.340 e. The Hall–Kier alpha value is -2.64. The first-order valence-corrected chi connectivity index (χ1v) is 9.31. The largest absolute Gasteiger partial charge is 0.478 e. The number of aryl methyl sites for hydroxylation is 1. The number of carboxylic acid groups (broad SMARTS) is 1. The standard InChI is InChI=1S/C19H15ClFN3O2S/c1-11-9-16(23-15-8-4-7-14(21)17(15)18(25)26)24-19(22-11)27-10-12-5-2-3-6-13(12)20/h2-9H,10H2,1H3,(H,25,26)(H,22,23,24). The molecule has 1 heterocycles. The van der Waals surface area contributed by atoms with Crippen LogP contribution in [-0.2, 0) is 5.75 Å². The summed E-state index contributed by atoms with van der Waals surface area (Å²) in [6, 6.07) is 13.2. The summed E-state index contributed by atoms with van der Waals surface area (Å²) in [5.74, 6) is -1.19. The van der Waals surface area contributed by atoms with Gasteiger partial charge in [-0.15, -0.1) is 0 Å². The molecule has 0 aliphatic heterocycles. The average molecular weight is 404 g/mol. The number of aromatic carboxylic acids is 1. The van der Waals surface area contributed by atoms with E-state index in [4.69, 9.17) is 11.6 Å². The molecular weight excluding hydrogens is 389 g/mol. The molecule has 2 N–H and O–H groups in total. The second kappa shape index (κ2) is 8.37.